The molecule has 11 heteroatoms. The van der Waals surface area contributed by atoms with E-state index in [9.17, 15) is 20.0 Å². The summed E-state index contributed by atoms with van der Waals surface area (Å²) in [6.45, 7) is 1.17. The lowest BCUT2D eigenvalue weighted by atomic mass is 9.96. The van der Waals surface area contributed by atoms with Crippen LogP contribution in [0.2, 0.25) is 0 Å². The number of hydrogen-bond acceptors (Lipinski definition) is 9. The number of benzene rings is 1. The molecule has 4 atom stereocenters. The molecule has 1 aromatic carbocycles. The highest BCUT2D eigenvalue weighted by atomic mass is 16.7. The number of carbonyl (C=O) groups is 1. The third-order valence-electron chi connectivity index (χ3n) is 4.05. The number of rotatable bonds is 5. The zero-order valence-corrected chi connectivity index (χ0v) is 13.8. The smallest absolute Gasteiger partial charge is 0.454 e. The van der Waals surface area contributed by atoms with Crippen LogP contribution in [-0.4, -0.2) is 55.6 Å². The fraction of sp³-hybridized carbons (Fsp3) is 0.533. The van der Waals surface area contributed by atoms with Gasteiger partial charge in [0.15, 0.2) is 11.5 Å². The van der Waals surface area contributed by atoms with Gasteiger partial charge in [-0.3, -0.25) is 10.1 Å². The molecule has 0 saturated carbocycles. The van der Waals surface area contributed by atoms with Crippen LogP contribution in [0.25, 0.3) is 0 Å². The Labute approximate surface area is 149 Å². The maximum Gasteiger partial charge on any atom is 0.508 e. The van der Waals surface area contributed by atoms with Crippen LogP contribution in [0.3, 0.4) is 0 Å². The highest BCUT2D eigenvalue weighted by Gasteiger charge is 2.33. The normalized spacial score (nSPS) is 24.9. The summed E-state index contributed by atoms with van der Waals surface area (Å²) in [5.41, 5.74) is -0.134. The molecule has 2 aliphatic heterocycles. The fourth-order valence-electron chi connectivity index (χ4n) is 2.73. The molecule has 2 heterocycles. The number of fused-ring (bicyclic) bond motifs is 1. The van der Waals surface area contributed by atoms with Gasteiger partial charge in [-0.2, -0.15) is 0 Å². The Morgan fingerprint density at radius 3 is 2.77 bits per heavy atom. The first-order valence-electron chi connectivity index (χ1n) is 7.85. The minimum absolute atomic E-state index is 0.0426. The number of hydrogen-bond donors (Lipinski definition) is 1. The number of nitrogens with zero attached hydrogens (tertiary/aromatic N) is 1. The Hall–Kier alpha value is -2.53. The summed E-state index contributed by atoms with van der Waals surface area (Å²) in [6.07, 6.45) is -3.38. The van der Waals surface area contributed by atoms with Gasteiger partial charge in [0.05, 0.1) is 22.7 Å². The van der Waals surface area contributed by atoms with Crippen molar-refractivity contribution < 1.29 is 38.5 Å². The predicted molar refractivity (Wildman–Crippen MR) is 85.1 cm³/mol. The van der Waals surface area contributed by atoms with Gasteiger partial charge in [-0.05, 0) is 19.4 Å². The van der Waals surface area contributed by atoms with Crippen LogP contribution >= 0.6 is 0 Å². The third kappa shape index (κ3) is 3.83. The minimum atomic E-state index is -1.05. The lowest BCUT2D eigenvalue weighted by Crippen LogP contribution is -2.28. The molecule has 2 radical (unpaired) electrons. The average Bonchev–Trinajstić information content (AvgIpc) is 3.16. The van der Waals surface area contributed by atoms with Gasteiger partial charge in [0.25, 0.3) is 5.69 Å². The van der Waals surface area contributed by atoms with E-state index in [1.54, 1.807) is 0 Å². The van der Waals surface area contributed by atoms with Gasteiger partial charge in [0.1, 0.15) is 26.7 Å². The SMILES string of the molecule is [B]C1CC(O)C(COC(=O)OC(C)c2cc3c(cc2[N+](=O)[O-])OCO3)O1. The molecule has 1 fully saturated rings. The zero-order valence-electron chi connectivity index (χ0n) is 13.8. The standard InChI is InChI=1S/C15H16BNO9/c1-7(25-15(19)22-5-13-10(18)4-14(16)26-13)8-2-11-12(24-6-23-11)3-9(8)17(20)21/h2-3,7,10,13-14,18H,4-6H2,1H3. The van der Waals surface area contributed by atoms with Crippen LogP contribution in [0.1, 0.15) is 25.0 Å². The molecule has 0 aromatic heterocycles. The van der Waals surface area contributed by atoms with Crippen LogP contribution < -0.4 is 9.47 Å². The Kier molecular flexibility index (Phi) is 5.19. The second-order valence-corrected chi connectivity index (χ2v) is 5.86. The Bertz CT molecular complexity index is 713. The molecule has 1 saturated heterocycles. The average molecular weight is 365 g/mol. The van der Waals surface area contributed by atoms with Crippen molar-refractivity contribution in [2.24, 2.45) is 0 Å². The summed E-state index contributed by atoms with van der Waals surface area (Å²) >= 11 is 0. The van der Waals surface area contributed by atoms with E-state index in [1.165, 1.54) is 19.1 Å². The quantitative estimate of drug-likeness (QED) is 0.354. The Morgan fingerprint density at radius 2 is 2.15 bits per heavy atom. The van der Waals surface area contributed by atoms with Crippen molar-refractivity contribution in [1.82, 2.24) is 0 Å². The van der Waals surface area contributed by atoms with E-state index in [0.717, 1.165) is 0 Å². The first-order valence-corrected chi connectivity index (χ1v) is 7.85. The summed E-state index contributed by atoms with van der Waals surface area (Å²) in [7, 11) is 5.53. The van der Waals surface area contributed by atoms with Gasteiger partial charge in [0, 0.05) is 6.00 Å². The highest BCUT2D eigenvalue weighted by molar-refractivity contribution is 6.11. The molecular formula is C15H16BNO9. The van der Waals surface area contributed by atoms with Crippen molar-refractivity contribution in [1.29, 1.82) is 0 Å². The maximum absolute atomic E-state index is 11.8. The number of nitro groups is 1. The molecule has 4 unspecified atom stereocenters. The molecule has 0 aliphatic carbocycles. The molecule has 1 N–H and O–H groups in total. The zero-order chi connectivity index (χ0) is 18.8. The van der Waals surface area contributed by atoms with E-state index in [-0.39, 0.29) is 36.8 Å². The van der Waals surface area contributed by atoms with Gasteiger partial charge in [-0.1, -0.05) is 0 Å². The van der Waals surface area contributed by atoms with E-state index >= 15 is 0 Å². The van der Waals surface area contributed by atoms with Crippen LogP contribution in [0.4, 0.5) is 10.5 Å². The molecule has 3 rings (SSSR count). The van der Waals surface area contributed by atoms with E-state index in [4.69, 9.17) is 31.5 Å². The Morgan fingerprint density at radius 1 is 1.46 bits per heavy atom. The molecular weight excluding hydrogens is 349 g/mol. The fourth-order valence-corrected chi connectivity index (χ4v) is 2.73. The molecule has 26 heavy (non-hydrogen) atoms. The second-order valence-electron chi connectivity index (χ2n) is 5.86. The summed E-state index contributed by atoms with van der Waals surface area (Å²) in [5.74, 6) is 0.574. The van der Waals surface area contributed by atoms with Crippen molar-refractivity contribution in [3.8, 4) is 11.5 Å². The molecule has 0 amide bonds. The predicted octanol–water partition coefficient (Wildman–Crippen LogP) is 1.18. The number of nitro benzene ring substituents is 1. The van der Waals surface area contributed by atoms with Gasteiger partial charge in [-0.25, -0.2) is 4.79 Å². The van der Waals surface area contributed by atoms with Crippen molar-refractivity contribution in [3.05, 3.63) is 27.8 Å². The maximum atomic E-state index is 11.8. The summed E-state index contributed by atoms with van der Waals surface area (Å²) in [5, 5.41) is 20.9. The third-order valence-corrected chi connectivity index (χ3v) is 4.05. The van der Waals surface area contributed by atoms with Crippen molar-refractivity contribution >= 4 is 19.7 Å². The molecule has 0 spiro atoms. The number of aliphatic hydroxyl groups excluding tert-OH is 1. The van der Waals surface area contributed by atoms with Gasteiger partial charge >= 0.3 is 6.16 Å². The van der Waals surface area contributed by atoms with E-state index in [2.05, 4.69) is 0 Å². The lowest BCUT2D eigenvalue weighted by molar-refractivity contribution is -0.386. The van der Waals surface area contributed by atoms with Crippen LogP contribution in [0.15, 0.2) is 12.1 Å². The molecule has 138 valence electrons. The minimum Gasteiger partial charge on any atom is -0.454 e. The first-order chi connectivity index (χ1) is 12.3. The van der Waals surface area contributed by atoms with Crippen molar-refractivity contribution in [2.75, 3.05) is 13.4 Å². The van der Waals surface area contributed by atoms with Crippen LogP contribution in [0.5, 0.6) is 11.5 Å². The molecule has 2 aliphatic rings. The largest absolute Gasteiger partial charge is 0.508 e. The highest BCUT2D eigenvalue weighted by Crippen LogP contribution is 2.40. The van der Waals surface area contributed by atoms with E-state index in [0.29, 0.717) is 5.75 Å². The van der Waals surface area contributed by atoms with Crippen LogP contribution in [0, 0.1) is 10.1 Å². The van der Waals surface area contributed by atoms with Gasteiger partial charge in [0.2, 0.25) is 6.79 Å². The van der Waals surface area contributed by atoms with E-state index in [1.807, 2.05) is 0 Å². The molecule has 10 nitrogen and oxygen atoms in total. The van der Waals surface area contributed by atoms with Gasteiger partial charge < -0.3 is 28.8 Å². The summed E-state index contributed by atoms with van der Waals surface area (Å²) in [4.78, 5) is 22.5. The van der Waals surface area contributed by atoms with E-state index < -0.39 is 35.4 Å². The second kappa shape index (κ2) is 7.38. The lowest BCUT2D eigenvalue weighted by Gasteiger charge is -2.17. The van der Waals surface area contributed by atoms with Crippen molar-refractivity contribution in [3.63, 3.8) is 0 Å². The number of carbonyl (C=O) groups excluding carboxylic acids is 1. The van der Waals surface area contributed by atoms with Crippen LogP contribution in [-0.2, 0) is 14.2 Å². The Balaban J connectivity index is 1.63. The van der Waals surface area contributed by atoms with Crippen molar-refractivity contribution in [2.45, 2.75) is 37.7 Å². The van der Waals surface area contributed by atoms with Gasteiger partial charge in [-0.15, -0.1) is 0 Å². The molecule has 0 bridgehead atoms. The monoisotopic (exact) mass is 365 g/mol. The summed E-state index contributed by atoms with van der Waals surface area (Å²) < 4.78 is 25.5. The topological polar surface area (TPSA) is 127 Å². The molecule has 1 aromatic rings. The first kappa shape index (κ1) is 18.3. The summed E-state index contributed by atoms with van der Waals surface area (Å²) in [6, 6.07) is 1.98. The number of aliphatic hydroxyl groups is 1. The number of ether oxygens (including phenoxy) is 5.